The Bertz CT molecular complexity index is 365. The van der Waals surface area contributed by atoms with Gasteiger partial charge >= 0.3 is 0 Å². The first-order valence-electron chi connectivity index (χ1n) is 6.92. The number of aliphatic hydroxyl groups excluding tert-OH is 1. The molecule has 0 saturated heterocycles. The van der Waals surface area contributed by atoms with E-state index in [0.29, 0.717) is 5.92 Å². The number of aliphatic hydroxyl groups is 1. The molecule has 2 saturated carbocycles. The molecule has 1 atom stereocenters. The van der Waals surface area contributed by atoms with Crippen LogP contribution in [-0.2, 0) is 7.05 Å². The molecule has 94 valence electrons. The lowest BCUT2D eigenvalue weighted by Crippen LogP contribution is -2.36. The summed E-state index contributed by atoms with van der Waals surface area (Å²) >= 11 is 0. The van der Waals surface area contributed by atoms with Crippen molar-refractivity contribution in [2.75, 3.05) is 0 Å². The third kappa shape index (κ3) is 2.01. The van der Waals surface area contributed by atoms with Crippen LogP contribution in [-0.4, -0.2) is 14.9 Å². The van der Waals surface area contributed by atoms with Crippen molar-refractivity contribution in [2.45, 2.75) is 44.6 Å². The van der Waals surface area contributed by atoms with E-state index in [2.05, 4.69) is 5.10 Å². The molecule has 1 aromatic rings. The number of aryl methyl sites for hydroxylation is 1. The molecule has 2 fully saturated rings. The first kappa shape index (κ1) is 11.3. The van der Waals surface area contributed by atoms with Gasteiger partial charge in [0.2, 0.25) is 0 Å². The highest BCUT2D eigenvalue weighted by atomic mass is 16.3. The fourth-order valence-corrected chi connectivity index (χ4v) is 3.37. The topological polar surface area (TPSA) is 38.0 Å². The van der Waals surface area contributed by atoms with Gasteiger partial charge in [-0.25, -0.2) is 0 Å². The van der Waals surface area contributed by atoms with E-state index in [4.69, 9.17) is 0 Å². The van der Waals surface area contributed by atoms with Crippen molar-refractivity contribution < 1.29 is 5.11 Å². The third-order valence-electron chi connectivity index (χ3n) is 4.82. The zero-order valence-electron chi connectivity index (χ0n) is 10.5. The van der Waals surface area contributed by atoms with Crippen molar-refractivity contribution in [3.8, 4) is 0 Å². The summed E-state index contributed by atoms with van der Waals surface area (Å²) in [6, 6.07) is 0. The lowest BCUT2D eigenvalue weighted by molar-refractivity contribution is -0.0191. The van der Waals surface area contributed by atoms with E-state index < -0.39 is 0 Å². The van der Waals surface area contributed by atoms with Crippen molar-refractivity contribution in [1.29, 1.82) is 0 Å². The molecule has 1 aromatic heterocycles. The fraction of sp³-hybridized carbons (Fsp3) is 0.786. The molecule has 1 heterocycles. The second-order valence-corrected chi connectivity index (χ2v) is 5.85. The van der Waals surface area contributed by atoms with Crippen LogP contribution in [0.1, 0.15) is 50.2 Å². The summed E-state index contributed by atoms with van der Waals surface area (Å²) in [7, 11) is 1.91. The lowest BCUT2D eigenvalue weighted by atomic mass is 9.62. The monoisotopic (exact) mass is 234 g/mol. The number of rotatable bonds is 4. The molecule has 0 aliphatic heterocycles. The van der Waals surface area contributed by atoms with Crippen molar-refractivity contribution in [2.24, 2.45) is 24.8 Å². The highest BCUT2D eigenvalue weighted by molar-refractivity contribution is 5.11. The molecule has 17 heavy (non-hydrogen) atoms. The average Bonchev–Trinajstić information content (AvgIpc) is 2.57. The second kappa shape index (κ2) is 4.45. The number of aromatic nitrogens is 2. The first-order valence-corrected chi connectivity index (χ1v) is 6.92. The van der Waals surface area contributed by atoms with Gasteiger partial charge in [0.15, 0.2) is 0 Å². The number of hydrogen-bond acceptors (Lipinski definition) is 2. The summed E-state index contributed by atoms with van der Waals surface area (Å²) in [6.07, 6.45) is 11.5. The summed E-state index contributed by atoms with van der Waals surface area (Å²) in [5.74, 6) is 2.01. The molecule has 2 aliphatic rings. The standard InChI is InChI=1S/C14H22N2O/c1-16-9-12(8-15-16)14(17)13(10-4-2-5-10)11-6-3-7-11/h8-11,13-14,17H,2-7H2,1H3. The molecular formula is C14H22N2O. The van der Waals surface area contributed by atoms with Crippen LogP contribution in [0.3, 0.4) is 0 Å². The van der Waals surface area contributed by atoms with E-state index in [0.717, 1.165) is 17.4 Å². The van der Waals surface area contributed by atoms with Crippen LogP contribution in [0.15, 0.2) is 12.4 Å². The van der Waals surface area contributed by atoms with Gasteiger partial charge in [-0.2, -0.15) is 5.10 Å². The van der Waals surface area contributed by atoms with Crippen molar-refractivity contribution >= 4 is 0 Å². The maximum Gasteiger partial charge on any atom is 0.0853 e. The van der Waals surface area contributed by atoms with Gasteiger partial charge in [0.1, 0.15) is 0 Å². The van der Waals surface area contributed by atoms with Gasteiger partial charge in [-0.1, -0.05) is 38.5 Å². The Kier molecular flexibility index (Phi) is 2.95. The van der Waals surface area contributed by atoms with Crippen LogP contribution in [0.5, 0.6) is 0 Å². The molecular weight excluding hydrogens is 212 g/mol. The van der Waals surface area contributed by atoms with Crippen molar-refractivity contribution in [3.63, 3.8) is 0 Å². The Labute approximate surface area is 103 Å². The van der Waals surface area contributed by atoms with E-state index in [9.17, 15) is 5.11 Å². The minimum Gasteiger partial charge on any atom is -0.388 e. The Morgan fingerprint density at radius 1 is 1.24 bits per heavy atom. The van der Waals surface area contributed by atoms with Gasteiger partial charge in [-0.15, -0.1) is 0 Å². The maximum atomic E-state index is 10.6. The van der Waals surface area contributed by atoms with Gasteiger partial charge in [-0.3, -0.25) is 4.68 Å². The second-order valence-electron chi connectivity index (χ2n) is 5.85. The largest absolute Gasteiger partial charge is 0.388 e. The SMILES string of the molecule is Cn1cc(C(O)C(C2CCC2)C2CCC2)cn1. The average molecular weight is 234 g/mol. The highest BCUT2D eigenvalue weighted by Crippen LogP contribution is 2.49. The summed E-state index contributed by atoms with van der Waals surface area (Å²) < 4.78 is 1.79. The predicted molar refractivity (Wildman–Crippen MR) is 66.3 cm³/mol. The summed E-state index contributed by atoms with van der Waals surface area (Å²) in [5.41, 5.74) is 1.01. The van der Waals surface area contributed by atoms with Crippen LogP contribution in [0.2, 0.25) is 0 Å². The molecule has 3 rings (SSSR count). The Hall–Kier alpha value is -0.830. The number of nitrogens with zero attached hydrogens (tertiary/aromatic N) is 2. The van der Waals surface area contributed by atoms with Crippen LogP contribution in [0.25, 0.3) is 0 Å². The lowest BCUT2D eigenvalue weighted by Gasteiger charge is -2.44. The number of hydrogen-bond donors (Lipinski definition) is 1. The van der Waals surface area contributed by atoms with Gasteiger partial charge in [0, 0.05) is 18.8 Å². The quantitative estimate of drug-likeness (QED) is 0.869. The van der Waals surface area contributed by atoms with Crippen LogP contribution < -0.4 is 0 Å². The Morgan fingerprint density at radius 2 is 1.82 bits per heavy atom. The molecule has 1 unspecified atom stereocenters. The summed E-state index contributed by atoms with van der Waals surface area (Å²) in [5, 5.41) is 14.8. The minimum atomic E-state index is -0.292. The zero-order valence-corrected chi connectivity index (χ0v) is 10.5. The fourth-order valence-electron chi connectivity index (χ4n) is 3.37. The first-order chi connectivity index (χ1) is 8.25. The third-order valence-corrected chi connectivity index (χ3v) is 4.82. The summed E-state index contributed by atoms with van der Waals surface area (Å²) in [4.78, 5) is 0. The molecule has 3 nitrogen and oxygen atoms in total. The Morgan fingerprint density at radius 3 is 2.18 bits per heavy atom. The van der Waals surface area contributed by atoms with Crippen molar-refractivity contribution in [1.82, 2.24) is 9.78 Å². The van der Waals surface area contributed by atoms with Gasteiger partial charge in [0.25, 0.3) is 0 Å². The molecule has 0 amide bonds. The molecule has 3 heteroatoms. The molecule has 0 bridgehead atoms. The van der Waals surface area contributed by atoms with Crippen molar-refractivity contribution in [3.05, 3.63) is 18.0 Å². The Balaban J connectivity index is 1.77. The van der Waals surface area contributed by atoms with E-state index >= 15 is 0 Å². The minimum absolute atomic E-state index is 0.292. The van der Waals surface area contributed by atoms with Gasteiger partial charge < -0.3 is 5.11 Å². The van der Waals surface area contributed by atoms with E-state index in [1.54, 1.807) is 4.68 Å². The van der Waals surface area contributed by atoms with Gasteiger partial charge in [0.05, 0.1) is 12.3 Å². The predicted octanol–water partition coefficient (Wildman–Crippen LogP) is 2.67. The van der Waals surface area contributed by atoms with E-state index in [-0.39, 0.29) is 6.10 Å². The normalized spacial score (nSPS) is 23.5. The van der Waals surface area contributed by atoms with Crippen LogP contribution in [0.4, 0.5) is 0 Å². The summed E-state index contributed by atoms with van der Waals surface area (Å²) in [6.45, 7) is 0. The van der Waals surface area contributed by atoms with Crippen LogP contribution >= 0.6 is 0 Å². The maximum absolute atomic E-state index is 10.6. The van der Waals surface area contributed by atoms with Gasteiger partial charge in [-0.05, 0) is 17.8 Å². The molecule has 1 N–H and O–H groups in total. The van der Waals surface area contributed by atoms with E-state index in [1.807, 2.05) is 19.4 Å². The van der Waals surface area contributed by atoms with E-state index in [1.165, 1.54) is 38.5 Å². The molecule has 2 aliphatic carbocycles. The molecule has 0 aromatic carbocycles. The molecule has 0 radical (unpaired) electrons. The smallest absolute Gasteiger partial charge is 0.0853 e. The zero-order chi connectivity index (χ0) is 11.8. The molecule has 0 spiro atoms. The highest BCUT2D eigenvalue weighted by Gasteiger charge is 2.40. The van der Waals surface area contributed by atoms with Crippen LogP contribution in [0, 0.1) is 17.8 Å².